The van der Waals surface area contributed by atoms with Crippen molar-refractivity contribution >= 4 is 11.8 Å². The number of nitrogens with zero attached hydrogens (tertiary/aromatic N) is 3. The summed E-state index contributed by atoms with van der Waals surface area (Å²) >= 11 is 0. The molecule has 2 aromatic carbocycles. The summed E-state index contributed by atoms with van der Waals surface area (Å²) in [6.45, 7) is 5.77. The van der Waals surface area contributed by atoms with Crippen LogP contribution in [0.5, 0.6) is 5.75 Å². The zero-order chi connectivity index (χ0) is 25.9. The molecule has 0 aromatic heterocycles. The van der Waals surface area contributed by atoms with Gasteiger partial charge < -0.3 is 19.4 Å². The summed E-state index contributed by atoms with van der Waals surface area (Å²) in [4.78, 5) is 33.0. The van der Waals surface area contributed by atoms with Crippen LogP contribution in [0.1, 0.15) is 61.8 Å². The maximum absolute atomic E-state index is 13.8. The fourth-order valence-electron chi connectivity index (χ4n) is 6.02. The molecular formula is C30H38FN3O3. The molecule has 7 heteroatoms. The number of carbonyl (C=O) groups is 2. The molecule has 2 fully saturated rings. The van der Waals surface area contributed by atoms with Crippen molar-refractivity contribution in [2.24, 2.45) is 5.92 Å². The van der Waals surface area contributed by atoms with Crippen LogP contribution in [0.25, 0.3) is 0 Å². The molecule has 0 N–H and O–H groups in total. The van der Waals surface area contributed by atoms with Crippen LogP contribution in [0.4, 0.5) is 4.39 Å². The van der Waals surface area contributed by atoms with Crippen molar-refractivity contribution in [1.29, 1.82) is 0 Å². The lowest BCUT2D eigenvalue weighted by Gasteiger charge is -2.39. The number of ether oxygens (including phenoxy) is 1. The Hall–Kier alpha value is -2.93. The molecule has 2 aliphatic heterocycles. The maximum atomic E-state index is 13.8. The number of halogens is 1. The topological polar surface area (TPSA) is 53.1 Å². The van der Waals surface area contributed by atoms with Gasteiger partial charge in [0.15, 0.2) is 6.10 Å². The van der Waals surface area contributed by atoms with Crippen molar-refractivity contribution in [1.82, 2.24) is 14.7 Å². The van der Waals surface area contributed by atoms with Gasteiger partial charge in [-0.05, 0) is 73.7 Å². The first kappa shape index (κ1) is 25.7. The van der Waals surface area contributed by atoms with Gasteiger partial charge in [0, 0.05) is 38.6 Å². The Morgan fingerprint density at radius 1 is 1.00 bits per heavy atom. The standard InChI is InChI=1S/C30H38FN3O3/c1-3-27(30(36)33-18-16-32(2)17-19-33)37-25-13-10-21-14-15-34(29(35)23-6-4-5-7-23)28(26(21)20-25)22-8-11-24(31)12-9-22/h8-13,20,23,27-28H,3-7,14-19H2,1-2H3/t27-,28-/m0/s1. The third-order valence-electron chi connectivity index (χ3n) is 8.26. The van der Waals surface area contributed by atoms with Crippen LogP contribution in [0.3, 0.4) is 0 Å². The highest BCUT2D eigenvalue weighted by molar-refractivity contribution is 5.82. The second kappa shape index (κ2) is 11.2. The van der Waals surface area contributed by atoms with Crippen LogP contribution >= 0.6 is 0 Å². The lowest BCUT2D eigenvalue weighted by Crippen LogP contribution is -2.51. The van der Waals surface area contributed by atoms with E-state index in [4.69, 9.17) is 4.74 Å². The Morgan fingerprint density at radius 2 is 1.70 bits per heavy atom. The van der Waals surface area contributed by atoms with Gasteiger partial charge in [0.25, 0.3) is 5.91 Å². The molecule has 0 bridgehead atoms. The molecule has 3 aliphatic rings. The van der Waals surface area contributed by atoms with Crippen molar-refractivity contribution in [3.8, 4) is 5.75 Å². The minimum absolute atomic E-state index is 0.0291. The number of piperazine rings is 1. The minimum Gasteiger partial charge on any atom is -0.481 e. The quantitative estimate of drug-likeness (QED) is 0.581. The third-order valence-corrected chi connectivity index (χ3v) is 8.26. The van der Waals surface area contributed by atoms with Gasteiger partial charge in [-0.1, -0.05) is 38.0 Å². The number of benzene rings is 2. The summed E-state index contributed by atoms with van der Waals surface area (Å²) in [7, 11) is 2.07. The summed E-state index contributed by atoms with van der Waals surface area (Å²) in [5.74, 6) is 0.630. The normalized spacial score (nSPS) is 21.5. The van der Waals surface area contributed by atoms with E-state index in [9.17, 15) is 14.0 Å². The lowest BCUT2D eigenvalue weighted by atomic mass is 9.87. The van der Waals surface area contributed by atoms with Crippen LogP contribution in [-0.2, 0) is 16.0 Å². The summed E-state index contributed by atoms with van der Waals surface area (Å²) in [6.07, 6.45) is 4.87. The van der Waals surface area contributed by atoms with Gasteiger partial charge >= 0.3 is 0 Å². The monoisotopic (exact) mass is 507 g/mol. The second-order valence-electron chi connectivity index (χ2n) is 10.7. The second-order valence-corrected chi connectivity index (χ2v) is 10.7. The number of fused-ring (bicyclic) bond motifs is 1. The molecule has 2 aromatic rings. The Bertz CT molecular complexity index is 1110. The van der Waals surface area contributed by atoms with Crippen molar-refractivity contribution in [3.05, 3.63) is 65.0 Å². The van der Waals surface area contributed by atoms with E-state index in [0.29, 0.717) is 31.8 Å². The summed E-state index contributed by atoms with van der Waals surface area (Å²) in [6, 6.07) is 12.2. The fraction of sp³-hybridized carbons (Fsp3) is 0.533. The van der Waals surface area contributed by atoms with Gasteiger partial charge in [-0.15, -0.1) is 0 Å². The lowest BCUT2D eigenvalue weighted by molar-refractivity contribution is -0.140. The molecule has 0 unspecified atom stereocenters. The average Bonchev–Trinajstić information content (AvgIpc) is 3.46. The van der Waals surface area contributed by atoms with Gasteiger partial charge in [-0.3, -0.25) is 9.59 Å². The Balaban J connectivity index is 1.43. The van der Waals surface area contributed by atoms with E-state index in [1.807, 2.05) is 28.9 Å². The molecule has 0 spiro atoms. The van der Waals surface area contributed by atoms with Crippen molar-refractivity contribution in [3.63, 3.8) is 0 Å². The predicted molar refractivity (Wildman–Crippen MR) is 141 cm³/mol. The van der Waals surface area contributed by atoms with Crippen molar-refractivity contribution < 1.29 is 18.7 Å². The number of likely N-dealkylation sites (N-methyl/N-ethyl adjacent to an activating group) is 1. The van der Waals surface area contributed by atoms with E-state index in [2.05, 4.69) is 18.0 Å². The zero-order valence-electron chi connectivity index (χ0n) is 22.0. The van der Waals surface area contributed by atoms with Gasteiger partial charge in [-0.25, -0.2) is 4.39 Å². The molecule has 0 radical (unpaired) electrons. The first-order valence-corrected chi connectivity index (χ1v) is 13.8. The zero-order valence-corrected chi connectivity index (χ0v) is 22.0. The fourth-order valence-corrected chi connectivity index (χ4v) is 6.02. The Kier molecular flexibility index (Phi) is 7.79. The SMILES string of the molecule is CC[C@H](Oc1ccc2c(c1)[C@H](c1ccc(F)cc1)N(C(=O)C1CCCC1)CC2)C(=O)N1CCN(C)CC1. The maximum Gasteiger partial charge on any atom is 0.263 e. The molecule has 1 saturated carbocycles. The summed E-state index contributed by atoms with van der Waals surface area (Å²) in [5, 5.41) is 0. The molecule has 37 heavy (non-hydrogen) atoms. The van der Waals surface area contributed by atoms with Crippen LogP contribution in [0.15, 0.2) is 42.5 Å². The minimum atomic E-state index is -0.550. The highest BCUT2D eigenvalue weighted by Crippen LogP contribution is 2.40. The largest absolute Gasteiger partial charge is 0.481 e. The van der Waals surface area contributed by atoms with Crippen LogP contribution in [0, 0.1) is 11.7 Å². The number of amides is 2. The third kappa shape index (κ3) is 5.52. The van der Waals surface area contributed by atoms with E-state index >= 15 is 0 Å². The highest BCUT2D eigenvalue weighted by Gasteiger charge is 2.37. The van der Waals surface area contributed by atoms with Crippen molar-refractivity contribution in [2.75, 3.05) is 39.8 Å². The summed E-state index contributed by atoms with van der Waals surface area (Å²) in [5.41, 5.74) is 3.06. The van der Waals surface area contributed by atoms with Crippen molar-refractivity contribution in [2.45, 2.75) is 57.6 Å². The first-order valence-electron chi connectivity index (χ1n) is 13.8. The molecular weight excluding hydrogens is 469 g/mol. The predicted octanol–water partition coefficient (Wildman–Crippen LogP) is 4.42. The highest BCUT2D eigenvalue weighted by atomic mass is 19.1. The number of hydrogen-bond donors (Lipinski definition) is 0. The molecule has 1 aliphatic carbocycles. The van der Waals surface area contributed by atoms with E-state index in [0.717, 1.165) is 61.9 Å². The van der Waals surface area contributed by atoms with Gasteiger partial charge in [0.2, 0.25) is 5.91 Å². The van der Waals surface area contributed by atoms with Crippen LogP contribution < -0.4 is 4.74 Å². The van der Waals surface area contributed by atoms with E-state index < -0.39 is 6.10 Å². The van der Waals surface area contributed by atoms with Gasteiger partial charge in [0.1, 0.15) is 11.6 Å². The first-order chi connectivity index (χ1) is 17.9. The number of hydrogen-bond acceptors (Lipinski definition) is 4. The van der Waals surface area contributed by atoms with Gasteiger partial charge in [0.05, 0.1) is 6.04 Å². The molecule has 1 saturated heterocycles. The molecule has 2 amide bonds. The molecule has 198 valence electrons. The number of rotatable bonds is 6. The Morgan fingerprint density at radius 3 is 2.38 bits per heavy atom. The van der Waals surface area contributed by atoms with Crippen LogP contribution in [0.2, 0.25) is 0 Å². The Labute approximate surface area is 219 Å². The van der Waals surface area contributed by atoms with Gasteiger partial charge in [-0.2, -0.15) is 0 Å². The summed E-state index contributed by atoms with van der Waals surface area (Å²) < 4.78 is 20.1. The average molecular weight is 508 g/mol. The molecule has 6 nitrogen and oxygen atoms in total. The smallest absolute Gasteiger partial charge is 0.263 e. The van der Waals surface area contributed by atoms with E-state index in [-0.39, 0.29) is 29.6 Å². The molecule has 2 atom stereocenters. The van der Waals surface area contributed by atoms with Crippen LogP contribution in [-0.4, -0.2) is 72.4 Å². The molecule has 2 heterocycles. The van der Waals surface area contributed by atoms with E-state index in [1.165, 1.54) is 12.1 Å². The van der Waals surface area contributed by atoms with E-state index in [1.54, 1.807) is 12.1 Å². The molecule has 5 rings (SSSR count). The number of carbonyl (C=O) groups excluding carboxylic acids is 2.